The smallest absolute Gasteiger partial charge is 0.339 e. The number of hydrogen-bond donors (Lipinski definition) is 1. The third-order valence-corrected chi connectivity index (χ3v) is 3.79. The van der Waals surface area contributed by atoms with Crippen molar-refractivity contribution in [3.63, 3.8) is 0 Å². The molecule has 0 spiro atoms. The molecule has 1 aromatic carbocycles. The molecule has 1 atom stereocenters. The van der Waals surface area contributed by atoms with Crippen molar-refractivity contribution in [2.24, 2.45) is 7.05 Å². The fourth-order valence-electron chi connectivity index (χ4n) is 2.68. The number of benzene rings is 1. The van der Waals surface area contributed by atoms with Crippen molar-refractivity contribution in [3.8, 4) is 5.75 Å². The maximum absolute atomic E-state index is 11.3. The standard InChI is InChI=1S/C15H17N3O3/c1-10(11-8-16-17(2)9-11)18-6-7-21-14-12(15(19)20)4-3-5-13(14)18/h3-5,8-10H,6-7H2,1-2H3,(H,19,20). The lowest BCUT2D eigenvalue weighted by molar-refractivity contribution is 0.0692. The van der Waals surface area contributed by atoms with Gasteiger partial charge in [0.05, 0.1) is 24.5 Å². The Morgan fingerprint density at radius 1 is 1.48 bits per heavy atom. The van der Waals surface area contributed by atoms with Gasteiger partial charge in [0.25, 0.3) is 0 Å². The van der Waals surface area contributed by atoms with E-state index in [1.54, 1.807) is 16.8 Å². The molecule has 1 unspecified atom stereocenters. The van der Waals surface area contributed by atoms with E-state index in [0.29, 0.717) is 18.9 Å². The fourth-order valence-corrected chi connectivity index (χ4v) is 2.68. The largest absolute Gasteiger partial charge is 0.489 e. The van der Waals surface area contributed by atoms with E-state index in [1.807, 2.05) is 25.5 Å². The summed E-state index contributed by atoms with van der Waals surface area (Å²) in [7, 11) is 1.88. The molecular weight excluding hydrogens is 270 g/mol. The van der Waals surface area contributed by atoms with Gasteiger partial charge < -0.3 is 14.7 Å². The summed E-state index contributed by atoms with van der Waals surface area (Å²) in [6.07, 6.45) is 3.81. The molecule has 2 aromatic rings. The molecule has 0 saturated heterocycles. The number of rotatable bonds is 3. The lowest BCUT2D eigenvalue weighted by atomic mass is 10.1. The second kappa shape index (κ2) is 5.12. The van der Waals surface area contributed by atoms with Gasteiger partial charge in [-0.05, 0) is 19.1 Å². The van der Waals surface area contributed by atoms with Crippen LogP contribution in [-0.4, -0.2) is 34.0 Å². The lowest BCUT2D eigenvalue weighted by Gasteiger charge is -2.36. The second-order valence-electron chi connectivity index (χ2n) is 5.12. The van der Waals surface area contributed by atoms with E-state index in [2.05, 4.69) is 16.9 Å². The highest BCUT2D eigenvalue weighted by molar-refractivity contribution is 5.93. The van der Waals surface area contributed by atoms with Gasteiger partial charge >= 0.3 is 5.97 Å². The maximum Gasteiger partial charge on any atom is 0.339 e. The summed E-state index contributed by atoms with van der Waals surface area (Å²) >= 11 is 0. The monoisotopic (exact) mass is 287 g/mol. The van der Waals surface area contributed by atoms with Crippen molar-refractivity contribution in [2.45, 2.75) is 13.0 Å². The molecule has 0 bridgehead atoms. The van der Waals surface area contributed by atoms with Crippen molar-refractivity contribution in [1.29, 1.82) is 0 Å². The van der Waals surface area contributed by atoms with Crippen LogP contribution in [0.4, 0.5) is 5.69 Å². The number of aromatic carboxylic acids is 1. The van der Waals surface area contributed by atoms with Crippen molar-refractivity contribution in [3.05, 3.63) is 41.7 Å². The minimum atomic E-state index is -0.970. The van der Waals surface area contributed by atoms with E-state index < -0.39 is 5.97 Å². The quantitative estimate of drug-likeness (QED) is 0.936. The number of para-hydroxylation sites is 1. The van der Waals surface area contributed by atoms with Crippen LogP contribution in [0.2, 0.25) is 0 Å². The Morgan fingerprint density at radius 3 is 2.95 bits per heavy atom. The number of carboxylic acids is 1. The summed E-state index contributed by atoms with van der Waals surface area (Å²) in [5.41, 5.74) is 2.11. The van der Waals surface area contributed by atoms with Gasteiger partial charge in [-0.3, -0.25) is 4.68 Å². The number of anilines is 1. The van der Waals surface area contributed by atoms with Gasteiger partial charge in [-0.25, -0.2) is 4.79 Å². The number of nitrogens with zero attached hydrogens (tertiary/aromatic N) is 3. The summed E-state index contributed by atoms with van der Waals surface area (Å²) in [6.45, 7) is 3.27. The van der Waals surface area contributed by atoms with Gasteiger partial charge in [0.2, 0.25) is 0 Å². The molecule has 3 rings (SSSR count). The van der Waals surface area contributed by atoms with Gasteiger partial charge in [-0.15, -0.1) is 0 Å². The molecule has 1 aromatic heterocycles. The molecule has 2 heterocycles. The molecule has 21 heavy (non-hydrogen) atoms. The van der Waals surface area contributed by atoms with Crippen LogP contribution in [0, 0.1) is 0 Å². The molecule has 6 heteroatoms. The molecule has 0 amide bonds. The van der Waals surface area contributed by atoms with E-state index in [1.165, 1.54) is 0 Å². The SMILES string of the molecule is CC(c1cnn(C)c1)N1CCOc2c(C(=O)O)cccc21. The summed E-state index contributed by atoms with van der Waals surface area (Å²) in [5, 5.41) is 13.5. The topological polar surface area (TPSA) is 67.6 Å². The van der Waals surface area contributed by atoms with E-state index in [9.17, 15) is 9.90 Å². The highest BCUT2D eigenvalue weighted by atomic mass is 16.5. The minimum Gasteiger partial charge on any atom is -0.489 e. The highest BCUT2D eigenvalue weighted by Gasteiger charge is 2.27. The molecule has 0 radical (unpaired) electrons. The van der Waals surface area contributed by atoms with E-state index in [0.717, 1.165) is 11.3 Å². The Labute approximate surface area is 122 Å². The number of hydrogen-bond acceptors (Lipinski definition) is 4. The molecule has 0 saturated carbocycles. The van der Waals surface area contributed by atoms with Crippen LogP contribution in [0.15, 0.2) is 30.6 Å². The first-order valence-corrected chi connectivity index (χ1v) is 6.82. The van der Waals surface area contributed by atoms with Gasteiger partial charge in [0, 0.05) is 18.8 Å². The van der Waals surface area contributed by atoms with Crippen LogP contribution < -0.4 is 9.64 Å². The van der Waals surface area contributed by atoms with Crippen molar-refractivity contribution in [1.82, 2.24) is 9.78 Å². The van der Waals surface area contributed by atoms with Crippen molar-refractivity contribution in [2.75, 3.05) is 18.1 Å². The molecule has 1 aliphatic rings. The second-order valence-corrected chi connectivity index (χ2v) is 5.12. The maximum atomic E-state index is 11.3. The van der Waals surface area contributed by atoms with Crippen LogP contribution in [0.1, 0.15) is 28.9 Å². The zero-order valence-electron chi connectivity index (χ0n) is 12.0. The number of ether oxygens (including phenoxy) is 1. The minimum absolute atomic E-state index is 0.102. The van der Waals surface area contributed by atoms with Crippen LogP contribution in [0.5, 0.6) is 5.75 Å². The normalized spacial score (nSPS) is 15.2. The van der Waals surface area contributed by atoms with Gasteiger partial charge in [-0.1, -0.05) is 6.07 Å². The Bertz CT molecular complexity index is 681. The van der Waals surface area contributed by atoms with Gasteiger partial charge in [-0.2, -0.15) is 5.10 Å². The number of aromatic nitrogens is 2. The average molecular weight is 287 g/mol. The van der Waals surface area contributed by atoms with E-state index in [4.69, 9.17) is 4.74 Å². The summed E-state index contributed by atoms with van der Waals surface area (Å²) in [5.74, 6) is -0.519. The van der Waals surface area contributed by atoms with Crippen molar-refractivity contribution >= 4 is 11.7 Å². The Balaban J connectivity index is 2.01. The molecular formula is C15H17N3O3. The zero-order valence-corrected chi connectivity index (χ0v) is 12.0. The molecule has 6 nitrogen and oxygen atoms in total. The van der Waals surface area contributed by atoms with Crippen LogP contribution in [-0.2, 0) is 7.05 Å². The Kier molecular flexibility index (Phi) is 3.29. The third-order valence-electron chi connectivity index (χ3n) is 3.79. The first-order valence-electron chi connectivity index (χ1n) is 6.82. The molecule has 110 valence electrons. The first kappa shape index (κ1) is 13.5. The Morgan fingerprint density at radius 2 is 2.29 bits per heavy atom. The fraction of sp³-hybridized carbons (Fsp3) is 0.333. The number of carboxylic acid groups (broad SMARTS) is 1. The van der Waals surface area contributed by atoms with Crippen molar-refractivity contribution < 1.29 is 14.6 Å². The summed E-state index contributed by atoms with van der Waals surface area (Å²) < 4.78 is 7.36. The predicted molar refractivity (Wildman–Crippen MR) is 77.9 cm³/mol. The number of aryl methyl sites for hydroxylation is 1. The molecule has 0 aliphatic carbocycles. The van der Waals surface area contributed by atoms with E-state index in [-0.39, 0.29) is 11.6 Å². The molecule has 0 fully saturated rings. The van der Waals surface area contributed by atoms with E-state index >= 15 is 0 Å². The Hall–Kier alpha value is -2.50. The summed E-state index contributed by atoms with van der Waals surface area (Å²) in [6, 6.07) is 5.32. The summed E-state index contributed by atoms with van der Waals surface area (Å²) in [4.78, 5) is 13.5. The lowest BCUT2D eigenvalue weighted by Crippen LogP contribution is -2.35. The molecule has 1 N–H and O–H groups in total. The van der Waals surface area contributed by atoms with Crippen LogP contribution in [0.3, 0.4) is 0 Å². The number of fused-ring (bicyclic) bond motifs is 1. The first-order chi connectivity index (χ1) is 10.1. The van der Waals surface area contributed by atoms with Gasteiger partial charge in [0.1, 0.15) is 12.2 Å². The zero-order chi connectivity index (χ0) is 15.0. The van der Waals surface area contributed by atoms with Crippen LogP contribution >= 0.6 is 0 Å². The average Bonchev–Trinajstić information content (AvgIpc) is 2.91. The number of carbonyl (C=O) groups is 1. The van der Waals surface area contributed by atoms with Gasteiger partial charge in [0.15, 0.2) is 5.75 Å². The molecule has 1 aliphatic heterocycles. The predicted octanol–water partition coefficient (Wildman–Crippen LogP) is 2.08. The van der Waals surface area contributed by atoms with Crippen LogP contribution in [0.25, 0.3) is 0 Å². The third kappa shape index (κ3) is 2.33. The highest BCUT2D eigenvalue weighted by Crippen LogP contribution is 2.39.